The summed E-state index contributed by atoms with van der Waals surface area (Å²) in [5.74, 6) is -0.391. The van der Waals surface area contributed by atoms with E-state index >= 15 is 0 Å². The van der Waals surface area contributed by atoms with Crippen molar-refractivity contribution < 1.29 is 70.5 Å². The van der Waals surface area contributed by atoms with Crippen LogP contribution in [0.5, 0.6) is 0 Å². The predicted octanol–water partition coefficient (Wildman–Crippen LogP) is 6.42. The van der Waals surface area contributed by atoms with Crippen molar-refractivity contribution in [1.82, 2.24) is 0 Å². The molecule has 0 fully saturated rings. The Kier molecular flexibility index (Phi) is 15.6. The molecule has 0 atom stereocenters. The fraction of sp³-hybridized carbons (Fsp3) is 0.0312. The van der Waals surface area contributed by atoms with Gasteiger partial charge in [0, 0.05) is 11.1 Å². The molecule has 39 heavy (non-hydrogen) atoms. The Bertz CT molecular complexity index is 1260. The van der Waals surface area contributed by atoms with Gasteiger partial charge in [-0.3, -0.25) is 9.59 Å². The summed E-state index contributed by atoms with van der Waals surface area (Å²) in [6.07, 6.45) is 2.70. The third-order valence-corrected chi connectivity index (χ3v) is 4.83. The van der Waals surface area contributed by atoms with Crippen LogP contribution < -0.4 is 0 Å². The quantitative estimate of drug-likeness (QED) is 0.0961. The number of hydrogen-bond acceptors (Lipinski definition) is 2. The second-order valence-corrected chi connectivity index (χ2v) is 7.84. The first-order chi connectivity index (χ1) is 18.3. The molecule has 4 aromatic carbocycles. The summed E-state index contributed by atoms with van der Waals surface area (Å²) in [6.45, 7) is 1.19. The molecular weight excluding hydrogens is 625 g/mol. The molecule has 0 aliphatic heterocycles. The van der Waals surface area contributed by atoms with Gasteiger partial charge in [-0.1, -0.05) is 97.1 Å². The van der Waals surface area contributed by atoms with Crippen molar-refractivity contribution >= 4 is 29.1 Å². The minimum atomic E-state index is -0.583. The monoisotopic (exact) mass is 653 g/mol. The van der Waals surface area contributed by atoms with E-state index in [0.29, 0.717) is 22.3 Å². The molecule has 0 saturated heterocycles. The van der Waals surface area contributed by atoms with Crippen LogP contribution in [0.2, 0.25) is 0 Å². The van der Waals surface area contributed by atoms with E-state index in [1.165, 1.54) is 19.1 Å². The SMILES string of the molecule is CC(O)=[OH+].OC(=CC(=[OH+])c1ccccc1)c1ccccc1.OC(=CC(=[OH+])c1ccccc1)c1ccccc1.[Nd+3]. The van der Waals surface area contributed by atoms with Crippen molar-refractivity contribution in [2.75, 3.05) is 0 Å². The van der Waals surface area contributed by atoms with E-state index in [1.807, 2.05) is 72.8 Å². The van der Waals surface area contributed by atoms with Gasteiger partial charge < -0.3 is 20.1 Å². The average molecular weight is 656 g/mol. The number of benzene rings is 4. The van der Waals surface area contributed by atoms with E-state index in [9.17, 15) is 19.8 Å². The zero-order valence-electron chi connectivity index (χ0n) is 21.4. The topological polar surface area (TPSA) is 125 Å². The van der Waals surface area contributed by atoms with E-state index in [1.54, 1.807) is 48.5 Å². The van der Waals surface area contributed by atoms with Gasteiger partial charge in [0.05, 0.1) is 30.2 Å². The number of aliphatic hydroxyl groups excluding tert-OH is 3. The van der Waals surface area contributed by atoms with E-state index in [-0.39, 0.29) is 63.9 Å². The van der Waals surface area contributed by atoms with Crippen molar-refractivity contribution in [3.63, 3.8) is 0 Å². The first-order valence-corrected chi connectivity index (χ1v) is 11.6. The molecule has 0 amide bonds. The summed E-state index contributed by atoms with van der Waals surface area (Å²) < 4.78 is 0. The van der Waals surface area contributed by atoms with Crippen molar-refractivity contribution in [3.05, 3.63) is 156 Å². The molecule has 7 heteroatoms. The summed E-state index contributed by atoms with van der Waals surface area (Å²) in [7, 11) is 0. The van der Waals surface area contributed by atoms with Gasteiger partial charge in [0.25, 0.3) is 0 Å². The summed E-state index contributed by atoms with van der Waals surface area (Å²) in [4.78, 5) is 27.2. The molecule has 6 nitrogen and oxygen atoms in total. The van der Waals surface area contributed by atoms with Crippen molar-refractivity contribution in [2.45, 2.75) is 6.92 Å². The van der Waals surface area contributed by atoms with Gasteiger partial charge in [0.1, 0.15) is 11.5 Å². The standard InChI is InChI=1S/2C15H12O2.C2H4O2.Nd/c2*16-14(12-7-3-1-4-8-12)11-15(17)13-9-5-2-6-10-13;1-2(3)4;/h2*1-11,16H;1H3,(H,3,4);/q;;;+3/p+3. The molecule has 0 aromatic heterocycles. The maximum absolute atomic E-state index is 9.83. The van der Waals surface area contributed by atoms with Gasteiger partial charge >= 0.3 is 58.4 Å². The molecule has 0 bridgehead atoms. The van der Waals surface area contributed by atoms with Crippen LogP contribution in [0.3, 0.4) is 0 Å². The minimum absolute atomic E-state index is 0. The second kappa shape index (κ2) is 18.4. The summed E-state index contributed by atoms with van der Waals surface area (Å²) >= 11 is 0. The Morgan fingerprint density at radius 2 is 0.667 bits per heavy atom. The number of carboxylic acid groups (broad SMARTS) is 1. The van der Waals surface area contributed by atoms with E-state index < -0.39 is 5.97 Å². The zero-order valence-corrected chi connectivity index (χ0v) is 24.6. The minimum Gasteiger partial charge on any atom is -0.507 e. The summed E-state index contributed by atoms with van der Waals surface area (Å²) in [5, 5.41) is 27.2. The number of rotatable bonds is 6. The first-order valence-electron chi connectivity index (χ1n) is 11.6. The number of ketones is 2. The van der Waals surface area contributed by atoms with Gasteiger partial charge in [0.15, 0.2) is 0 Å². The zero-order chi connectivity index (χ0) is 27.8. The second-order valence-electron chi connectivity index (χ2n) is 7.84. The molecular formula is C32H31NdO6+6. The van der Waals surface area contributed by atoms with Gasteiger partial charge in [-0.05, 0) is 24.3 Å². The maximum Gasteiger partial charge on any atom is 3.00 e. The number of hydrogen-bond donors (Lipinski definition) is 3. The summed E-state index contributed by atoms with van der Waals surface area (Å²) in [6, 6.07) is 36.4. The smallest absolute Gasteiger partial charge is 0.507 e. The summed E-state index contributed by atoms with van der Waals surface area (Å²) in [5.41, 5.74) is 2.70. The number of allylic oxidation sites excluding steroid dienone is 2. The van der Waals surface area contributed by atoms with E-state index in [4.69, 9.17) is 9.90 Å². The van der Waals surface area contributed by atoms with Crippen LogP contribution in [0.25, 0.3) is 11.5 Å². The molecule has 4 rings (SSSR count). The van der Waals surface area contributed by atoms with Gasteiger partial charge in [-0.25, -0.2) is 0 Å². The fourth-order valence-electron chi connectivity index (χ4n) is 3.03. The molecule has 6 N–H and O–H groups in total. The molecule has 0 spiro atoms. The van der Waals surface area contributed by atoms with Crippen molar-refractivity contribution in [1.29, 1.82) is 0 Å². The third-order valence-electron chi connectivity index (χ3n) is 4.83. The Hall–Kier alpha value is -3.88. The molecule has 0 aliphatic rings. The number of aliphatic carboxylic acids is 1. The van der Waals surface area contributed by atoms with Crippen LogP contribution in [-0.4, -0.2) is 47.2 Å². The Morgan fingerprint density at radius 3 is 0.897 bits per heavy atom. The normalized spacial score (nSPS) is 10.4. The fourth-order valence-corrected chi connectivity index (χ4v) is 3.03. The number of carboxylic acids is 1. The third kappa shape index (κ3) is 13.0. The van der Waals surface area contributed by atoms with Crippen LogP contribution in [0.1, 0.15) is 29.2 Å². The average Bonchev–Trinajstić information content (AvgIpc) is 2.95. The molecule has 0 heterocycles. The molecule has 0 aliphatic carbocycles. The molecule has 193 valence electrons. The Morgan fingerprint density at radius 1 is 0.462 bits per heavy atom. The number of aliphatic hydroxyl groups is 2. The molecule has 4 aromatic rings. The number of carbonyl (C=O) groups excluding carboxylic acids is 2. The van der Waals surface area contributed by atoms with Gasteiger partial charge in [0.2, 0.25) is 0 Å². The maximum atomic E-state index is 9.83. The predicted molar refractivity (Wildman–Crippen MR) is 154 cm³/mol. The van der Waals surface area contributed by atoms with Crippen LogP contribution in [-0.2, 0) is 0 Å². The Labute approximate surface area is 260 Å². The van der Waals surface area contributed by atoms with Gasteiger partial charge in [-0.2, -0.15) is 0 Å². The van der Waals surface area contributed by atoms with Crippen LogP contribution in [0, 0.1) is 40.8 Å². The van der Waals surface area contributed by atoms with Crippen LogP contribution in [0.15, 0.2) is 133 Å². The van der Waals surface area contributed by atoms with E-state index in [0.717, 1.165) is 0 Å². The molecule has 0 saturated carbocycles. The Balaban J connectivity index is 0.000000336. The van der Waals surface area contributed by atoms with Crippen molar-refractivity contribution in [2.24, 2.45) is 0 Å². The van der Waals surface area contributed by atoms with Crippen LogP contribution in [0.4, 0.5) is 0 Å². The van der Waals surface area contributed by atoms with E-state index in [2.05, 4.69) is 0 Å². The van der Waals surface area contributed by atoms with Crippen molar-refractivity contribution in [3.8, 4) is 0 Å². The van der Waals surface area contributed by atoms with Crippen LogP contribution >= 0.6 is 0 Å². The molecule has 0 unspecified atom stereocenters. The molecule has 1 radical (unpaired) electrons. The van der Waals surface area contributed by atoms with Gasteiger partial charge in [-0.15, -0.1) is 0 Å². The first kappa shape index (κ1) is 33.1. The largest absolute Gasteiger partial charge is 3.00 e.